The van der Waals surface area contributed by atoms with Crippen LogP contribution in [0.25, 0.3) is 22.7 Å². The second-order valence-electron chi connectivity index (χ2n) is 9.25. The minimum absolute atomic E-state index is 0.231. The van der Waals surface area contributed by atoms with Gasteiger partial charge >= 0.3 is 11.7 Å². The highest BCUT2D eigenvalue weighted by Crippen LogP contribution is 2.44. The van der Waals surface area contributed by atoms with E-state index in [2.05, 4.69) is 15.5 Å². The number of rotatable bonds is 5. The van der Waals surface area contributed by atoms with Crippen LogP contribution in [0.4, 0.5) is 11.5 Å². The molecule has 1 atom stereocenters. The Morgan fingerprint density at radius 3 is 2.31 bits per heavy atom. The minimum Gasteiger partial charge on any atom is -0.463 e. The van der Waals surface area contributed by atoms with E-state index in [1.165, 1.54) is 4.40 Å². The van der Waals surface area contributed by atoms with Crippen LogP contribution in [0.2, 0.25) is 0 Å². The van der Waals surface area contributed by atoms with Gasteiger partial charge in [-0.3, -0.25) is 0 Å². The van der Waals surface area contributed by atoms with Crippen molar-refractivity contribution in [2.24, 2.45) is 0 Å². The molecule has 0 fully saturated rings. The third kappa shape index (κ3) is 3.95. The molecule has 0 saturated carbocycles. The van der Waals surface area contributed by atoms with Crippen LogP contribution in [0, 0.1) is 0 Å². The fourth-order valence-corrected chi connectivity index (χ4v) is 5.15. The van der Waals surface area contributed by atoms with Gasteiger partial charge in [0.15, 0.2) is 11.5 Å². The van der Waals surface area contributed by atoms with Crippen LogP contribution >= 0.6 is 0 Å². The summed E-state index contributed by atoms with van der Waals surface area (Å²) in [5.74, 6) is -0.105. The van der Waals surface area contributed by atoms with E-state index in [0.717, 1.165) is 5.56 Å². The van der Waals surface area contributed by atoms with Gasteiger partial charge in [0.1, 0.15) is 5.82 Å². The van der Waals surface area contributed by atoms with Crippen molar-refractivity contribution in [1.82, 2.24) is 19.2 Å². The largest absolute Gasteiger partial charge is 0.463 e. The normalized spacial score (nSPS) is 14.7. The standard InChI is InChI=1S/C30H26N6O3/c1-3-39-29(37)23-18(2)32-27-25(24(23)19-10-6-4-7-11-19)28-34-33-26(20-14-16-21(31)17-15-20)36(28)30(38)35(27)22-12-8-5-9-13-22/h4-17,24,32H,3,31H2,1-2H3. The van der Waals surface area contributed by atoms with Crippen LogP contribution in [-0.2, 0) is 9.53 Å². The zero-order valence-electron chi connectivity index (χ0n) is 21.5. The second-order valence-corrected chi connectivity index (χ2v) is 9.25. The molecule has 0 saturated heterocycles. The zero-order valence-corrected chi connectivity index (χ0v) is 21.5. The van der Waals surface area contributed by atoms with Crippen LogP contribution in [0.3, 0.4) is 0 Å². The average Bonchev–Trinajstić information content (AvgIpc) is 3.39. The number of nitrogens with two attached hydrogens (primary N) is 1. The number of carbonyl (C=O) groups excluding carboxylic acids is 1. The van der Waals surface area contributed by atoms with E-state index in [9.17, 15) is 9.59 Å². The number of hydrogen-bond acceptors (Lipinski definition) is 7. The van der Waals surface area contributed by atoms with Crippen LogP contribution < -0.4 is 16.7 Å². The first-order chi connectivity index (χ1) is 19.0. The van der Waals surface area contributed by atoms with E-state index in [4.69, 9.17) is 10.5 Å². The van der Waals surface area contributed by atoms with Gasteiger partial charge in [0.05, 0.1) is 29.3 Å². The molecule has 3 heterocycles. The summed E-state index contributed by atoms with van der Waals surface area (Å²) in [5.41, 5.74) is 10.4. The first-order valence-electron chi connectivity index (χ1n) is 12.6. The molecular weight excluding hydrogens is 492 g/mol. The van der Waals surface area contributed by atoms with Crippen molar-refractivity contribution in [2.75, 3.05) is 17.7 Å². The van der Waals surface area contributed by atoms with E-state index in [1.807, 2.05) is 67.6 Å². The molecule has 1 aliphatic rings. The number of fused-ring (bicyclic) bond motifs is 3. The Morgan fingerprint density at radius 1 is 0.974 bits per heavy atom. The van der Waals surface area contributed by atoms with E-state index < -0.39 is 11.9 Å². The zero-order chi connectivity index (χ0) is 27.1. The highest BCUT2D eigenvalue weighted by Gasteiger charge is 2.38. The number of carbonyl (C=O) groups is 1. The smallest absolute Gasteiger partial charge is 0.341 e. The van der Waals surface area contributed by atoms with Crippen molar-refractivity contribution in [2.45, 2.75) is 19.8 Å². The fourth-order valence-electron chi connectivity index (χ4n) is 5.15. The fraction of sp³-hybridized carbons (Fsp3) is 0.133. The molecule has 3 N–H and O–H groups in total. The Balaban J connectivity index is 1.75. The molecule has 9 nitrogen and oxygen atoms in total. The Kier molecular flexibility index (Phi) is 5.95. The summed E-state index contributed by atoms with van der Waals surface area (Å²) in [5, 5.41) is 12.3. The molecule has 0 spiro atoms. The maximum atomic E-state index is 14.3. The maximum absolute atomic E-state index is 14.3. The lowest BCUT2D eigenvalue weighted by molar-refractivity contribution is -0.138. The van der Waals surface area contributed by atoms with Crippen LogP contribution in [0.5, 0.6) is 0 Å². The number of anilines is 2. The maximum Gasteiger partial charge on any atom is 0.341 e. The van der Waals surface area contributed by atoms with Crippen molar-refractivity contribution >= 4 is 23.1 Å². The SMILES string of the molecule is CCOC(=O)C1=C(C)Nc2c(c3nnc(-c4ccc(N)cc4)n3c(=O)n2-c2ccccc2)C1c1ccccc1. The predicted molar refractivity (Wildman–Crippen MR) is 150 cm³/mol. The molecule has 194 valence electrons. The lowest BCUT2D eigenvalue weighted by atomic mass is 9.82. The van der Waals surface area contributed by atoms with Gasteiger partial charge in [0, 0.05) is 16.9 Å². The Labute approximate surface area is 224 Å². The molecule has 39 heavy (non-hydrogen) atoms. The molecule has 6 rings (SSSR count). The minimum atomic E-state index is -0.567. The third-order valence-electron chi connectivity index (χ3n) is 6.86. The lowest BCUT2D eigenvalue weighted by Crippen LogP contribution is -2.34. The molecule has 0 radical (unpaired) electrons. The summed E-state index contributed by atoms with van der Waals surface area (Å²) >= 11 is 0. The van der Waals surface area contributed by atoms with E-state index in [1.54, 1.807) is 35.8 Å². The summed E-state index contributed by atoms with van der Waals surface area (Å²) < 4.78 is 8.60. The molecule has 0 bridgehead atoms. The Morgan fingerprint density at radius 2 is 1.64 bits per heavy atom. The van der Waals surface area contributed by atoms with Gasteiger partial charge < -0.3 is 15.8 Å². The summed E-state index contributed by atoms with van der Waals surface area (Å²) in [7, 11) is 0. The Hall–Kier alpha value is -5.18. The number of hydrogen-bond donors (Lipinski definition) is 2. The van der Waals surface area contributed by atoms with E-state index >= 15 is 0 Å². The van der Waals surface area contributed by atoms with Crippen LogP contribution in [-0.4, -0.2) is 31.7 Å². The van der Waals surface area contributed by atoms with Crippen LogP contribution in [0.15, 0.2) is 101 Å². The lowest BCUT2D eigenvalue weighted by Gasteiger charge is -2.32. The highest BCUT2D eigenvalue weighted by molar-refractivity contribution is 5.95. The summed E-state index contributed by atoms with van der Waals surface area (Å²) in [6.07, 6.45) is 0. The third-order valence-corrected chi connectivity index (χ3v) is 6.86. The number of ether oxygens (including phenoxy) is 1. The van der Waals surface area contributed by atoms with Crippen molar-refractivity contribution in [3.05, 3.63) is 118 Å². The monoisotopic (exact) mass is 518 g/mol. The average molecular weight is 519 g/mol. The quantitative estimate of drug-likeness (QED) is 0.259. The van der Waals surface area contributed by atoms with E-state index in [-0.39, 0.29) is 12.3 Å². The molecule has 2 aromatic heterocycles. The number of nitrogen functional groups attached to an aromatic ring is 1. The van der Waals surface area contributed by atoms with Gasteiger partial charge in [-0.2, -0.15) is 0 Å². The molecule has 0 amide bonds. The predicted octanol–water partition coefficient (Wildman–Crippen LogP) is 4.52. The second kappa shape index (κ2) is 9.60. The number of para-hydroxylation sites is 1. The molecule has 9 heteroatoms. The molecule has 1 unspecified atom stereocenters. The topological polar surface area (TPSA) is 117 Å². The van der Waals surface area contributed by atoms with Crippen molar-refractivity contribution in [3.63, 3.8) is 0 Å². The van der Waals surface area contributed by atoms with Crippen molar-refractivity contribution < 1.29 is 9.53 Å². The van der Waals surface area contributed by atoms with Gasteiger partial charge in [-0.1, -0.05) is 48.5 Å². The van der Waals surface area contributed by atoms with Gasteiger partial charge in [0.2, 0.25) is 0 Å². The number of allylic oxidation sites excluding steroid dienone is 1. The van der Waals surface area contributed by atoms with Crippen LogP contribution in [0.1, 0.15) is 30.9 Å². The van der Waals surface area contributed by atoms with Gasteiger partial charge in [0.25, 0.3) is 0 Å². The summed E-state index contributed by atoms with van der Waals surface area (Å²) in [6.45, 7) is 3.83. The Bertz CT molecular complexity index is 1790. The molecule has 3 aromatic carbocycles. The van der Waals surface area contributed by atoms with Crippen molar-refractivity contribution in [3.8, 4) is 17.1 Å². The molecular formula is C30H26N6O3. The molecule has 5 aromatic rings. The van der Waals surface area contributed by atoms with Gasteiger partial charge in [-0.15, -0.1) is 10.2 Å². The number of esters is 1. The molecule has 1 aliphatic heterocycles. The number of aromatic nitrogens is 4. The number of nitrogens with zero attached hydrogens (tertiary/aromatic N) is 4. The van der Waals surface area contributed by atoms with Crippen molar-refractivity contribution in [1.29, 1.82) is 0 Å². The van der Waals surface area contributed by atoms with Gasteiger partial charge in [-0.25, -0.2) is 18.6 Å². The summed E-state index contributed by atoms with van der Waals surface area (Å²) in [6, 6.07) is 26.1. The van der Waals surface area contributed by atoms with Gasteiger partial charge in [-0.05, 0) is 55.8 Å². The first-order valence-corrected chi connectivity index (χ1v) is 12.6. The molecule has 0 aliphatic carbocycles. The van der Waals surface area contributed by atoms with E-state index in [0.29, 0.717) is 51.1 Å². The summed E-state index contributed by atoms with van der Waals surface area (Å²) in [4.78, 5) is 27.6. The first kappa shape index (κ1) is 24.2. The number of nitrogens with one attached hydrogen (secondary N) is 1. The highest BCUT2D eigenvalue weighted by atomic mass is 16.5. The number of benzene rings is 3.